The van der Waals surface area contributed by atoms with Gasteiger partial charge < -0.3 is 4.74 Å². The van der Waals surface area contributed by atoms with Gasteiger partial charge in [0.15, 0.2) is 0 Å². The van der Waals surface area contributed by atoms with Crippen LogP contribution in [0.15, 0.2) is 24.5 Å². The lowest BCUT2D eigenvalue weighted by Crippen LogP contribution is -2.42. The first-order valence-corrected chi connectivity index (χ1v) is 6.56. The Balaban J connectivity index is 2.12. The Bertz CT molecular complexity index is 386. The lowest BCUT2D eigenvalue weighted by Gasteiger charge is -2.06. The fourth-order valence-corrected chi connectivity index (χ4v) is 1.85. The van der Waals surface area contributed by atoms with E-state index in [0.29, 0.717) is 0 Å². The molecular formula is C11H15N3O3S. The largest absolute Gasteiger partial charge is 0.449 e. The average molecular weight is 269 g/mol. The molecule has 0 atom stereocenters. The van der Waals surface area contributed by atoms with Crippen molar-refractivity contribution in [2.24, 2.45) is 0 Å². The van der Waals surface area contributed by atoms with Crippen molar-refractivity contribution in [2.75, 3.05) is 12.4 Å². The Kier molecular flexibility index (Phi) is 6.63. The minimum absolute atomic E-state index is 0.259. The van der Waals surface area contributed by atoms with Crippen LogP contribution in [0.5, 0.6) is 0 Å². The van der Waals surface area contributed by atoms with Crippen LogP contribution in [0.2, 0.25) is 0 Å². The van der Waals surface area contributed by atoms with Gasteiger partial charge in [0.1, 0.15) is 0 Å². The third-order valence-electron chi connectivity index (χ3n) is 1.83. The number of nitrogens with one attached hydrogen (secondary N) is 2. The number of hydrogen-bond donors (Lipinski definition) is 2. The van der Waals surface area contributed by atoms with Crippen LogP contribution in [0.4, 0.5) is 4.79 Å². The van der Waals surface area contributed by atoms with E-state index in [2.05, 4.69) is 20.6 Å². The van der Waals surface area contributed by atoms with Gasteiger partial charge in [-0.05, 0) is 24.6 Å². The van der Waals surface area contributed by atoms with Crippen molar-refractivity contribution in [1.82, 2.24) is 15.8 Å². The third kappa shape index (κ3) is 6.09. The summed E-state index contributed by atoms with van der Waals surface area (Å²) in [5, 5.41) is 0. The van der Waals surface area contributed by atoms with Gasteiger partial charge in [-0.15, -0.1) is 11.8 Å². The van der Waals surface area contributed by atoms with Crippen LogP contribution in [0.25, 0.3) is 0 Å². The van der Waals surface area contributed by atoms with Crippen molar-refractivity contribution in [3.05, 3.63) is 30.1 Å². The fraction of sp³-hybridized carbons (Fsp3) is 0.364. The number of ether oxygens (including phenoxy) is 1. The number of thioether (sulfide) groups is 1. The molecule has 0 bridgehead atoms. The molecule has 0 fully saturated rings. The number of pyridine rings is 1. The molecule has 0 aliphatic carbocycles. The van der Waals surface area contributed by atoms with Gasteiger partial charge in [0.2, 0.25) is 5.91 Å². The number of aromatic nitrogens is 1. The quantitative estimate of drug-likeness (QED) is 0.782. The van der Waals surface area contributed by atoms with E-state index < -0.39 is 6.09 Å². The van der Waals surface area contributed by atoms with Crippen molar-refractivity contribution < 1.29 is 14.3 Å². The summed E-state index contributed by atoms with van der Waals surface area (Å²) >= 11 is 1.45. The Morgan fingerprint density at radius 3 is 2.72 bits per heavy atom. The van der Waals surface area contributed by atoms with Crippen molar-refractivity contribution in [1.29, 1.82) is 0 Å². The van der Waals surface area contributed by atoms with Crippen molar-refractivity contribution >= 4 is 23.8 Å². The molecule has 7 heteroatoms. The predicted molar refractivity (Wildman–Crippen MR) is 68.7 cm³/mol. The second-order valence-corrected chi connectivity index (χ2v) is 4.23. The summed E-state index contributed by atoms with van der Waals surface area (Å²) in [6.45, 7) is 1.95. The highest BCUT2D eigenvalue weighted by Gasteiger charge is 2.04. The summed E-state index contributed by atoms with van der Waals surface area (Å²) < 4.78 is 4.59. The van der Waals surface area contributed by atoms with E-state index in [-0.39, 0.29) is 18.3 Å². The second kappa shape index (κ2) is 8.35. The van der Waals surface area contributed by atoms with Gasteiger partial charge in [-0.25, -0.2) is 10.2 Å². The Hall–Kier alpha value is -1.76. The maximum Gasteiger partial charge on any atom is 0.426 e. The summed E-state index contributed by atoms with van der Waals surface area (Å²) in [6.07, 6.45) is 2.75. The maximum atomic E-state index is 11.3. The fourth-order valence-electron chi connectivity index (χ4n) is 1.06. The van der Waals surface area contributed by atoms with Crippen LogP contribution in [0.3, 0.4) is 0 Å². The molecule has 1 heterocycles. The molecule has 1 aromatic heterocycles. The van der Waals surface area contributed by atoms with Gasteiger partial charge >= 0.3 is 6.09 Å². The summed E-state index contributed by atoms with van der Waals surface area (Å²) in [6, 6.07) is 3.78. The molecule has 1 aromatic rings. The average Bonchev–Trinajstić information content (AvgIpc) is 2.38. The zero-order valence-electron chi connectivity index (χ0n) is 10.0. The smallest absolute Gasteiger partial charge is 0.426 e. The van der Waals surface area contributed by atoms with Crippen LogP contribution >= 0.6 is 11.8 Å². The van der Waals surface area contributed by atoms with Gasteiger partial charge in [0.25, 0.3) is 0 Å². The molecular weight excluding hydrogens is 254 g/mol. The molecule has 1 rings (SSSR count). The van der Waals surface area contributed by atoms with Crippen LogP contribution in [-0.2, 0) is 15.3 Å². The molecule has 0 radical (unpaired) electrons. The van der Waals surface area contributed by atoms with Crippen LogP contribution < -0.4 is 10.9 Å². The Morgan fingerprint density at radius 1 is 1.33 bits per heavy atom. The summed E-state index contributed by atoms with van der Waals surface area (Å²) in [5.74, 6) is 0.700. The molecule has 18 heavy (non-hydrogen) atoms. The zero-order chi connectivity index (χ0) is 13.2. The minimum atomic E-state index is -0.662. The molecule has 0 saturated carbocycles. The Morgan fingerprint density at radius 2 is 2.06 bits per heavy atom. The predicted octanol–water partition coefficient (Wildman–Crippen LogP) is 1.09. The van der Waals surface area contributed by atoms with Gasteiger partial charge in [0, 0.05) is 18.1 Å². The molecule has 98 valence electrons. The second-order valence-electron chi connectivity index (χ2n) is 3.24. The van der Waals surface area contributed by atoms with E-state index in [1.54, 1.807) is 19.3 Å². The van der Waals surface area contributed by atoms with Gasteiger partial charge in [-0.2, -0.15) is 0 Å². The van der Waals surface area contributed by atoms with Crippen LogP contribution in [-0.4, -0.2) is 29.3 Å². The molecule has 0 saturated heterocycles. The molecule has 0 unspecified atom stereocenters. The number of carbonyl (C=O) groups excluding carboxylic acids is 2. The van der Waals surface area contributed by atoms with E-state index in [1.165, 1.54) is 11.8 Å². The van der Waals surface area contributed by atoms with E-state index >= 15 is 0 Å². The van der Waals surface area contributed by atoms with E-state index in [9.17, 15) is 9.59 Å². The number of hydrogen-bond acceptors (Lipinski definition) is 5. The first-order valence-electron chi connectivity index (χ1n) is 5.40. The standard InChI is InChI=1S/C11H15N3O3S/c1-2-17-11(16)14-13-10(15)8-18-7-9-3-5-12-6-4-9/h3-6H,2,7-8H2,1H3,(H,13,15)(H,14,16). The monoisotopic (exact) mass is 269 g/mol. The lowest BCUT2D eigenvalue weighted by molar-refractivity contribution is -0.119. The SMILES string of the molecule is CCOC(=O)NNC(=O)CSCc1ccncc1. The first kappa shape index (κ1) is 14.3. The van der Waals surface area contributed by atoms with E-state index in [1.807, 2.05) is 12.1 Å². The topological polar surface area (TPSA) is 80.3 Å². The molecule has 0 aliphatic rings. The van der Waals surface area contributed by atoms with Crippen molar-refractivity contribution in [3.8, 4) is 0 Å². The lowest BCUT2D eigenvalue weighted by atomic mass is 10.3. The Labute approximate surface area is 109 Å². The van der Waals surface area contributed by atoms with Crippen LogP contribution in [0, 0.1) is 0 Å². The van der Waals surface area contributed by atoms with Crippen molar-refractivity contribution in [2.45, 2.75) is 12.7 Å². The van der Waals surface area contributed by atoms with E-state index in [0.717, 1.165) is 11.3 Å². The molecule has 0 aromatic carbocycles. The molecule has 0 spiro atoms. The number of rotatable bonds is 5. The van der Waals surface area contributed by atoms with E-state index in [4.69, 9.17) is 0 Å². The normalized spacial score (nSPS) is 9.61. The third-order valence-corrected chi connectivity index (χ3v) is 2.83. The summed E-state index contributed by atoms with van der Waals surface area (Å²) in [4.78, 5) is 26.1. The highest BCUT2D eigenvalue weighted by molar-refractivity contribution is 7.99. The van der Waals surface area contributed by atoms with Crippen LogP contribution in [0.1, 0.15) is 12.5 Å². The number of amides is 2. The summed E-state index contributed by atoms with van der Waals surface area (Å²) in [7, 11) is 0. The number of hydrazine groups is 1. The van der Waals surface area contributed by atoms with Gasteiger partial charge in [-0.1, -0.05) is 0 Å². The molecule has 6 nitrogen and oxygen atoms in total. The number of nitrogens with zero attached hydrogens (tertiary/aromatic N) is 1. The van der Waals surface area contributed by atoms with Crippen molar-refractivity contribution in [3.63, 3.8) is 0 Å². The maximum absolute atomic E-state index is 11.3. The highest BCUT2D eigenvalue weighted by atomic mass is 32.2. The van der Waals surface area contributed by atoms with Gasteiger partial charge in [0.05, 0.1) is 12.4 Å². The highest BCUT2D eigenvalue weighted by Crippen LogP contribution is 2.09. The zero-order valence-corrected chi connectivity index (χ0v) is 10.8. The minimum Gasteiger partial charge on any atom is -0.449 e. The van der Waals surface area contributed by atoms with Gasteiger partial charge in [-0.3, -0.25) is 15.2 Å². The summed E-state index contributed by atoms with van der Waals surface area (Å²) in [5.41, 5.74) is 5.50. The first-order chi connectivity index (χ1) is 8.72. The molecule has 2 amide bonds. The molecule has 0 aliphatic heterocycles. The number of carbonyl (C=O) groups is 2. The molecule has 2 N–H and O–H groups in total.